The van der Waals surface area contributed by atoms with Gasteiger partial charge in [-0.3, -0.25) is 19.2 Å². The molecular formula is C18H32N4O18. The zero-order valence-electron chi connectivity index (χ0n) is 20.8. The summed E-state index contributed by atoms with van der Waals surface area (Å²) >= 11 is 0. The van der Waals surface area contributed by atoms with Crippen LogP contribution in [0.4, 0.5) is 0 Å². The lowest BCUT2D eigenvalue weighted by molar-refractivity contribution is -1.05. The van der Waals surface area contributed by atoms with Gasteiger partial charge in [-0.2, -0.15) is 0 Å². The molecule has 0 aromatic rings. The van der Waals surface area contributed by atoms with E-state index >= 15 is 0 Å². The molecule has 0 spiro atoms. The Kier molecular flexibility index (Phi) is 15.8. The number of aliphatic hydroxyl groups is 1. The van der Waals surface area contributed by atoms with Gasteiger partial charge in [-0.15, -0.1) is 0 Å². The molecule has 1 fully saturated rings. The van der Waals surface area contributed by atoms with Gasteiger partial charge in [-0.25, -0.2) is 41.7 Å². The maximum Gasteiger partial charge on any atom is 0.312 e. The highest BCUT2D eigenvalue weighted by atomic mass is 16.8. The predicted molar refractivity (Wildman–Crippen MR) is 114 cm³/mol. The molecule has 0 bridgehead atoms. The second-order valence-corrected chi connectivity index (χ2v) is 8.19. The van der Waals surface area contributed by atoms with Crippen molar-refractivity contribution in [2.24, 2.45) is 0 Å². The number of ether oxygens (including phenoxy) is 5. The largest absolute Gasteiger partial charge is 0.600 e. The highest BCUT2D eigenvalue weighted by Gasteiger charge is 2.52. The topological polar surface area (TPSA) is 326 Å². The maximum absolute atomic E-state index is 12.4. The number of aliphatic hydroxyl groups excluding tert-OH is 1. The summed E-state index contributed by atoms with van der Waals surface area (Å²) in [5.74, 6) is -4.68. The van der Waals surface area contributed by atoms with Gasteiger partial charge in [0.2, 0.25) is 0 Å². The van der Waals surface area contributed by atoms with Gasteiger partial charge < -0.3 is 49.6 Å². The van der Waals surface area contributed by atoms with Crippen LogP contribution in [0.15, 0.2) is 0 Å². The van der Waals surface area contributed by atoms with Gasteiger partial charge in [0.1, 0.15) is 38.9 Å². The molecule has 0 aromatic heterocycles. The molecule has 0 aliphatic carbocycles. The molecule has 22 nitrogen and oxygen atoms in total. The van der Waals surface area contributed by atoms with Gasteiger partial charge in [-0.05, 0) is 0 Å². The molecule has 0 radical (unpaired) electrons. The van der Waals surface area contributed by atoms with E-state index in [1.807, 2.05) is 0 Å². The molecule has 22 heteroatoms. The molecule has 0 aromatic carbocycles. The van der Waals surface area contributed by atoms with Crippen LogP contribution in [0.3, 0.4) is 0 Å². The maximum atomic E-state index is 12.4. The van der Waals surface area contributed by atoms with Crippen LogP contribution in [-0.4, -0.2) is 113 Å². The van der Waals surface area contributed by atoms with E-state index in [2.05, 4.69) is 0 Å². The summed E-state index contributed by atoms with van der Waals surface area (Å²) in [6.07, 6.45) is -12.3. The van der Waals surface area contributed by atoms with E-state index < -0.39 is 134 Å². The van der Waals surface area contributed by atoms with Crippen LogP contribution in [0.1, 0.15) is 25.7 Å². The van der Waals surface area contributed by atoms with Crippen molar-refractivity contribution in [1.82, 2.24) is 0 Å². The average Bonchev–Trinajstić information content (AvgIpc) is 2.86. The Morgan fingerprint density at radius 3 is 1.35 bits per heavy atom. The summed E-state index contributed by atoms with van der Waals surface area (Å²) in [5.41, 5.74) is 0. The Bertz CT molecular complexity index is 814. The minimum Gasteiger partial charge on any atom is -0.600 e. The van der Waals surface area contributed by atoms with Crippen molar-refractivity contribution in [1.29, 1.82) is 0 Å². The zero-order chi connectivity index (χ0) is 30.4. The van der Waals surface area contributed by atoms with Crippen molar-refractivity contribution >= 4 is 23.9 Å². The lowest BCUT2D eigenvalue weighted by Crippen LogP contribution is -3.04. The van der Waals surface area contributed by atoms with E-state index in [1.54, 1.807) is 0 Å². The van der Waals surface area contributed by atoms with Gasteiger partial charge >= 0.3 is 23.9 Å². The first-order chi connectivity index (χ1) is 18.7. The number of nitrogens with one attached hydrogen (secondary N) is 4. The SMILES string of the molecule is O=C(CC[NH+]([O-])O)OCC1OC(O)C(OC(=O)CC[NH+]([O-])O)C(OC(=O)CC[NH+]([O-])O)C1OC(=O)CC[NH+]([O-])O. The minimum absolute atomic E-state index is 0.578. The first-order valence-electron chi connectivity index (χ1n) is 11.6. The molecule has 1 aliphatic rings. The second kappa shape index (κ2) is 17.9. The van der Waals surface area contributed by atoms with E-state index in [0.717, 1.165) is 0 Å². The lowest BCUT2D eigenvalue weighted by Gasteiger charge is -2.42. The molecule has 9 N–H and O–H groups in total. The summed E-state index contributed by atoms with van der Waals surface area (Å²) in [7, 11) is 0. The van der Waals surface area contributed by atoms with E-state index in [-0.39, 0.29) is 0 Å². The molecule has 9 atom stereocenters. The van der Waals surface area contributed by atoms with Gasteiger partial charge in [-0.1, -0.05) is 0 Å². The van der Waals surface area contributed by atoms with Crippen LogP contribution < -0.4 is 20.9 Å². The van der Waals surface area contributed by atoms with Crippen molar-refractivity contribution < 1.29 is 89.7 Å². The van der Waals surface area contributed by atoms with Crippen molar-refractivity contribution in [2.75, 3.05) is 32.8 Å². The summed E-state index contributed by atoms with van der Waals surface area (Å²) in [5, 5.41) is 83.2. The normalized spacial score (nSPS) is 25.7. The quantitative estimate of drug-likeness (QED) is 0.0430. The molecule has 232 valence electrons. The smallest absolute Gasteiger partial charge is 0.312 e. The second-order valence-electron chi connectivity index (χ2n) is 8.19. The number of carbonyl (C=O) groups excluding carboxylic acids is 4. The van der Waals surface area contributed by atoms with Gasteiger partial charge in [0, 0.05) is 0 Å². The number of hydroxylamine groups is 8. The van der Waals surface area contributed by atoms with E-state index in [0.29, 0.717) is 0 Å². The third-order valence-electron chi connectivity index (χ3n) is 4.99. The summed E-state index contributed by atoms with van der Waals surface area (Å²) < 4.78 is 25.5. The van der Waals surface area contributed by atoms with Gasteiger partial charge in [0.25, 0.3) is 0 Å². The van der Waals surface area contributed by atoms with E-state index in [1.165, 1.54) is 0 Å². The summed E-state index contributed by atoms with van der Waals surface area (Å²) in [6.45, 7) is -3.51. The van der Waals surface area contributed by atoms with Crippen molar-refractivity contribution in [3.05, 3.63) is 20.8 Å². The highest BCUT2D eigenvalue weighted by molar-refractivity contribution is 5.72. The van der Waals surface area contributed by atoms with E-state index in [9.17, 15) is 45.1 Å². The zero-order valence-corrected chi connectivity index (χ0v) is 20.8. The van der Waals surface area contributed by atoms with Crippen molar-refractivity contribution in [3.8, 4) is 0 Å². The number of esters is 4. The number of hydrogen-bond acceptors (Lipinski definition) is 18. The molecule has 0 amide bonds. The van der Waals surface area contributed by atoms with Gasteiger partial charge in [0.15, 0.2) is 24.6 Å². The third-order valence-corrected chi connectivity index (χ3v) is 4.99. The predicted octanol–water partition coefficient (Wildman–Crippen LogP) is -8.37. The number of rotatable bonds is 17. The molecular weight excluding hydrogens is 560 g/mol. The molecule has 40 heavy (non-hydrogen) atoms. The third kappa shape index (κ3) is 14.1. The fourth-order valence-electron chi connectivity index (χ4n) is 3.15. The lowest BCUT2D eigenvalue weighted by atomic mass is 9.98. The fraction of sp³-hybridized carbons (Fsp3) is 0.778. The summed E-state index contributed by atoms with van der Waals surface area (Å²) in [4.78, 5) is 48.8. The monoisotopic (exact) mass is 592 g/mol. The average molecular weight is 592 g/mol. The molecule has 0 saturated carbocycles. The first-order valence-corrected chi connectivity index (χ1v) is 11.6. The van der Waals surface area contributed by atoms with Crippen LogP contribution >= 0.6 is 0 Å². The molecule has 1 heterocycles. The van der Waals surface area contributed by atoms with E-state index in [4.69, 9.17) is 44.5 Å². The van der Waals surface area contributed by atoms with Crippen LogP contribution in [0, 0.1) is 20.8 Å². The Morgan fingerprint density at radius 1 is 0.600 bits per heavy atom. The van der Waals surface area contributed by atoms with Crippen LogP contribution in [0.2, 0.25) is 0 Å². The Morgan fingerprint density at radius 2 is 0.950 bits per heavy atom. The van der Waals surface area contributed by atoms with Gasteiger partial charge in [0.05, 0.1) is 25.7 Å². The molecule has 1 aliphatic heterocycles. The number of hydrogen-bond donors (Lipinski definition) is 9. The summed E-state index contributed by atoms with van der Waals surface area (Å²) in [6, 6.07) is 0. The molecule has 1 saturated heterocycles. The number of quaternary nitrogens is 4. The van der Waals surface area contributed by atoms with Crippen LogP contribution in [0.25, 0.3) is 0 Å². The van der Waals surface area contributed by atoms with Crippen molar-refractivity contribution in [3.63, 3.8) is 0 Å². The Balaban J connectivity index is 3.24. The van der Waals surface area contributed by atoms with Crippen molar-refractivity contribution in [2.45, 2.75) is 56.4 Å². The Labute approximate surface area is 224 Å². The first kappa shape index (κ1) is 35.3. The molecule has 9 unspecified atom stereocenters. The fourth-order valence-corrected chi connectivity index (χ4v) is 3.15. The standard InChI is InChI=1S/C18H32N4O18/c23-11(1-5-19(28)29)36-9-10-15(38-12(24)2-6-20(30)31)16(39-13(25)3-7-21(32)33)17(18(27)37-10)40-14(26)4-8-22(34)35/h10,15-22,27-28,30,32,34H,1-9H2. The van der Waals surface area contributed by atoms with Crippen LogP contribution in [0.5, 0.6) is 0 Å². The number of carbonyl (C=O) groups is 4. The Hall–Kier alpha value is -2.68. The minimum atomic E-state index is -2.15. The highest BCUT2D eigenvalue weighted by Crippen LogP contribution is 2.28. The van der Waals surface area contributed by atoms with Crippen LogP contribution in [-0.2, 0) is 42.9 Å². The molecule has 1 rings (SSSR count).